The van der Waals surface area contributed by atoms with Crippen molar-refractivity contribution in [2.75, 3.05) is 13.2 Å². The van der Waals surface area contributed by atoms with Crippen molar-refractivity contribution >= 4 is 5.91 Å². The van der Waals surface area contributed by atoms with Gasteiger partial charge in [0.1, 0.15) is 0 Å². The number of aliphatic hydroxyl groups is 1. The quantitative estimate of drug-likeness (QED) is 0.563. The van der Waals surface area contributed by atoms with E-state index in [1.165, 1.54) is 0 Å². The van der Waals surface area contributed by atoms with Gasteiger partial charge in [0.05, 0.1) is 6.42 Å². The molecule has 0 spiro atoms. The van der Waals surface area contributed by atoms with Crippen molar-refractivity contribution in [1.29, 1.82) is 0 Å². The zero-order valence-electron chi connectivity index (χ0n) is 7.42. The lowest BCUT2D eigenvalue weighted by molar-refractivity contribution is -0.120. The van der Waals surface area contributed by atoms with E-state index in [0.717, 1.165) is 5.56 Å². The van der Waals surface area contributed by atoms with E-state index in [-0.39, 0.29) is 12.5 Å². The minimum atomic E-state index is -0.00644. The monoisotopic (exact) mass is 182 g/mol. The second-order valence-electron chi connectivity index (χ2n) is 2.82. The van der Waals surface area contributed by atoms with E-state index in [2.05, 4.69) is 10.3 Å². The highest BCUT2D eigenvalue weighted by Crippen LogP contribution is 1.96. The van der Waals surface area contributed by atoms with Crippen LogP contribution in [0.2, 0.25) is 0 Å². The molecule has 0 radical (unpaired) electrons. The highest BCUT2D eigenvalue weighted by Gasteiger charge is 2.01. The lowest BCUT2D eigenvalue weighted by Gasteiger charge is -2.01. The molecule has 0 bridgehead atoms. The number of rotatable bonds is 5. The van der Waals surface area contributed by atoms with Gasteiger partial charge in [0, 0.05) is 25.5 Å². The molecule has 4 heteroatoms. The molecule has 0 saturated heterocycles. The first-order chi connectivity index (χ1) is 6.33. The first kappa shape index (κ1) is 9.80. The molecular formula is C9H14N2O2. The molecule has 0 aliphatic rings. The van der Waals surface area contributed by atoms with Crippen molar-refractivity contribution in [2.24, 2.45) is 0 Å². The number of aromatic nitrogens is 1. The number of carbonyl (C=O) groups excluding carboxylic acids is 1. The normalized spacial score (nSPS) is 9.92. The van der Waals surface area contributed by atoms with Gasteiger partial charge in [0.15, 0.2) is 0 Å². The Bertz CT molecular complexity index is 244. The van der Waals surface area contributed by atoms with Gasteiger partial charge in [0.25, 0.3) is 0 Å². The van der Waals surface area contributed by atoms with Crippen LogP contribution >= 0.6 is 0 Å². The van der Waals surface area contributed by atoms with Gasteiger partial charge in [0.2, 0.25) is 5.91 Å². The minimum absolute atomic E-state index is 0.00644. The van der Waals surface area contributed by atoms with Crippen molar-refractivity contribution < 1.29 is 9.90 Å². The van der Waals surface area contributed by atoms with Crippen LogP contribution in [0, 0.1) is 0 Å². The van der Waals surface area contributed by atoms with Crippen LogP contribution in [0.4, 0.5) is 0 Å². The molecular weight excluding hydrogens is 168 g/mol. The van der Waals surface area contributed by atoms with Crippen molar-refractivity contribution in [3.05, 3.63) is 24.0 Å². The van der Waals surface area contributed by atoms with Crippen molar-refractivity contribution in [3.63, 3.8) is 0 Å². The van der Waals surface area contributed by atoms with Gasteiger partial charge in [-0.3, -0.25) is 4.79 Å². The molecule has 0 fully saturated rings. The molecule has 1 rings (SSSR count). The summed E-state index contributed by atoms with van der Waals surface area (Å²) in [6.45, 7) is 0.657. The van der Waals surface area contributed by atoms with E-state index in [4.69, 9.17) is 5.11 Å². The number of H-pyrrole nitrogens is 1. The van der Waals surface area contributed by atoms with Crippen LogP contribution in [0.1, 0.15) is 12.0 Å². The fourth-order valence-electron chi connectivity index (χ4n) is 1.02. The number of carbonyl (C=O) groups is 1. The first-order valence-corrected chi connectivity index (χ1v) is 4.32. The summed E-state index contributed by atoms with van der Waals surface area (Å²) in [7, 11) is 0. The molecule has 1 heterocycles. The van der Waals surface area contributed by atoms with E-state index < -0.39 is 0 Å². The smallest absolute Gasteiger partial charge is 0.224 e. The Morgan fingerprint density at radius 2 is 2.46 bits per heavy atom. The van der Waals surface area contributed by atoms with Gasteiger partial charge in [-0.05, 0) is 18.1 Å². The van der Waals surface area contributed by atoms with Gasteiger partial charge in [-0.25, -0.2) is 0 Å². The molecule has 1 aromatic heterocycles. The zero-order valence-corrected chi connectivity index (χ0v) is 7.42. The second kappa shape index (κ2) is 5.37. The van der Waals surface area contributed by atoms with E-state index in [0.29, 0.717) is 19.4 Å². The number of aliphatic hydroxyl groups excluding tert-OH is 1. The molecule has 0 saturated carbocycles. The summed E-state index contributed by atoms with van der Waals surface area (Å²) in [5.41, 5.74) is 0.974. The van der Waals surface area contributed by atoms with Gasteiger partial charge in [-0.1, -0.05) is 0 Å². The summed E-state index contributed by atoms with van der Waals surface area (Å²) in [6.07, 6.45) is 4.59. The Morgan fingerprint density at radius 3 is 3.08 bits per heavy atom. The molecule has 0 aliphatic carbocycles. The Kier molecular flexibility index (Phi) is 4.05. The Balaban J connectivity index is 2.18. The maximum Gasteiger partial charge on any atom is 0.224 e. The van der Waals surface area contributed by atoms with Crippen LogP contribution in [0.3, 0.4) is 0 Å². The van der Waals surface area contributed by atoms with Crippen LogP contribution < -0.4 is 5.32 Å². The summed E-state index contributed by atoms with van der Waals surface area (Å²) in [4.78, 5) is 14.1. The molecule has 0 unspecified atom stereocenters. The third-order valence-corrected chi connectivity index (χ3v) is 1.68. The van der Waals surface area contributed by atoms with Crippen LogP contribution in [0.25, 0.3) is 0 Å². The molecule has 1 amide bonds. The van der Waals surface area contributed by atoms with E-state index in [9.17, 15) is 4.79 Å². The SMILES string of the molecule is O=C(Cc1cc[nH]c1)NCCCO. The molecule has 4 nitrogen and oxygen atoms in total. The highest BCUT2D eigenvalue weighted by atomic mass is 16.3. The maximum atomic E-state index is 11.2. The topological polar surface area (TPSA) is 65.1 Å². The third kappa shape index (κ3) is 3.75. The largest absolute Gasteiger partial charge is 0.396 e. The van der Waals surface area contributed by atoms with Gasteiger partial charge >= 0.3 is 0 Å². The van der Waals surface area contributed by atoms with E-state index >= 15 is 0 Å². The summed E-state index contributed by atoms with van der Waals surface area (Å²) in [5.74, 6) is -0.00644. The number of hydrogen-bond donors (Lipinski definition) is 3. The summed E-state index contributed by atoms with van der Waals surface area (Å²) < 4.78 is 0. The Morgan fingerprint density at radius 1 is 1.62 bits per heavy atom. The van der Waals surface area contributed by atoms with Gasteiger partial charge in [-0.15, -0.1) is 0 Å². The third-order valence-electron chi connectivity index (χ3n) is 1.68. The Hall–Kier alpha value is -1.29. The lowest BCUT2D eigenvalue weighted by Crippen LogP contribution is -2.26. The molecule has 0 aromatic carbocycles. The molecule has 72 valence electrons. The number of hydrogen-bond acceptors (Lipinski definition) is 2. The van der Waals surface area contributed by atoms with E-state index in [1.54, 1.807) is 12.4 Å². The maximum absolute atomic E-state index is 11.2. The van der Waals surface area contributed by atoms with Crippen LogP contribution in [0.5, 0.6) is 0 Å². The number of aromatic amines is 1. The van der Waals surface area contributed by atoms with Gasteiger partial charge < -0.3 is 15.4 Å². The minimum Gasteiger partial charge on any atom is -0.396 e. The predicted molar refractivity (Wildman–Crippen MR) is 49.2 cm³/mol. The molecule has 1 aromatic rings. The Labute approximate surface area is 77.0 Å². The zero-order chi connectivity index (χ0) is 9.52. The average Bonchev–Trinajstić information content (AvgIpc) is 2.57. The fourth-order valence-corrected chi connectivity index (χ4v) is 1.02. The van der Waals surface area contributed by atoms with Crippen LogP contribution in [0.15, 0.2) is 18.5 Å². The molecule has 13 heavy (non-hydrogen) atoms. The molecule has 0 atom stereocenters. The van der Waals surface area contributed by atoms with Crippen molar-refractivity contribution in [1.82, 2.24) is 10.3 Å². The first-order valence-electron chi connectivity index (χ1n) is 4.32. The van der Waals surface area contributed by atoms with Crippen LogP contribution in [-0.4, -0.2) is 29.1 Å². The average molecular weight is 182 g/mol. The second-order valence-corrected chi connectivity index (χ2v) is 2.82. The number of amides is 1. The molecule has 3 N–H and O–H groups in total. The van der Waals surface area contributed by atoms with E-state index in [1.807, 2.05) is 6.07 Å². The predicted octanol–water partition coefficient (Wildman–Crippen LogP) is 0.0558. The van der Waals surface area contributed by atoms with Gasteiger partial charge in [-0.2, -0.15) is 0 Å². The fraction of sp³-hybridized carbons (Fsp3) is 0.444. The lowest BCUT2D eigenvalue weighted by atomic mass is 10.2. The van der Waals surface area contributed by atoms with Crippen molar-refractivity contribution in [2.45, 2.75) is 12.8 Å². The summed E-state index contributed by atoms with van der Waals surface area (Å²) in [6, 6.07) is 1.87. The standard InChI is InChI=1S/C9H14N2O2/c12-5-1-3-11-9(13)6-8-2-4-10-7-8/h2,4,7,10,12H,1,3,5-6H2,(H,11,13). The van der Waals surface area contributed by atoms with Crippen LogP contribution in [-0.2, 0) is 11.2 Å². The summed E-state index contributed by atoms with van der Waals surface area (Å²) >= 11 is 0. The van der Waals surface area contributed by atoms with Crippen molar-refractivity contribution in [3.8, 4) is 0 Å². The highest BCUT2D eigenvalue weighted by molar-refractivity contribution is 5.78. The number of nitrogens with one attached hydrogen (secondary N) is 2. The summed E-state index contributed by atoms with van der Waals surface area (Å²) in [5, 5.41) is 11.2. The molecule has 0 aliphatic heterocycles.